The molecule has 14 heavy (non-hydrogen) atoms. The summed E-state index contributed by atoms with van der Waals surface area (Å²) in [6, 6.07) is 0. The molecule has 84 valence electrons. The summed E-state index contributed by atoms with van der Waals surface area (Å²) in [4.78, 5) is 0. The molecule has 1 fully saturated rings. The van der Waals surface area contributed by atoms with Crippen LogP contribution in [0.3, 0.4) is 0 Å². The third-order valence-corrected chi connectivity index (χ3v) is 2.72. The maximum atomic E-state index is 9.66. The van der Waals surface area contributed by atoms with Crippen LogP contribution < -0.4 is 0 Å². The van der Waals surface area contributed by atoms with Crippen molar-refractivity contribution >= 4 is 0 Å². The molecule has 4 unspecified atom stereocenters. The molecule has 0 spiro atoms. The average Bonchev–Trinajstić information content (AvgIpc) is 2.10. The van der Waals surface area contributed by atoms with E-state index in [0.717, 1.165) is 12.8 Å². The highest BCUT2D eigenvalue weighted by Gasteiger charge is 2.34. The molecule has 1 heterocycles. The van der Waals surface area contributed by atoms with Gasteiger partial charge in [0.2, 0.25) is 0 Å². The molecular formula is C11H22O3. The molecule has 0 radical (unpaired) electrons. The second-order valence-corrected chi connectivity index (χ2v) is 4.53. The molecule has 0 bridgehead atoms. The average molecular weight is 202 g/mol. The van der Waals surface area contributed by atoms with Crippen molar-refractivity contribution in [1.29, 1.82) is 0 Å². The third-order valence-electron chi connectivity index (χ3n) is 2.72. The van der Waals surface area contributed by atoms with Crippen LogP contribution in [0.2, 0.25) is 0 Å². The zero-order valence-corrected chi connectivity index (χ0v) is 9.56. The summed E-state index contributed by atoms with van der Waals surface area (Å²) >= 11 is 0. The normalized spacial score (nSPS) is 39.0. The molecule has 1 rings (SSSR count). The SMILES string of the molecule is CCC1OC(CC(C)C)OC(O)C1C. The van der Waals surface area contributed by atoms with Crippen LogP contribution in [0.4, 0.5) is 0 Å². The Labute approximate surface area is 86.4 Å². The number of hydrogen-bond acceptors (Lipinski definition) is 3. The fourth-order valence-corrected chi connectivity index (χ4v) is 1.78. The lowest BCUT2D eigenvalue weighted by molar-refractivity contribution is -0.321. The summed E-state index contributed by atoms with van der Waals surface area (Å²) < 4.78 is 11.1. The lowest BCUT2D eigenvalue weighted by Crippen LogP contribution is -2.45. The molecule has 0 aromatic carbocycles. The molecule has 4 atom stereocenters. The first-order chi connectivity index (χ1) is 6.54. The molecule has 1 saturated heterocycles. The minimum absolute atomic E-state index is 0.0726. The fraction of sp³-hybridized carbons (Fsp3) is 1.00. The molecular weight excluding hydrogens is 180 g/mol. The molecule has 0 amide bonds. The summed E-state index contributed by atoms with van der Waals surface area (Å²) in [6.07, 6.45) is 1.00. The van der Waals surface area contributed by atoms with Crippen LogP contribution in [0.5, 0.6) is 0 Å². The first-order valence-corrected chi connectivity index (χ1v) is 5.53. The van der Waals surface area contributed by atoms with Crippen LogP contribution in [0, 0.1) is 11.8 Å². The van der Waals surface area contributed by atoms with Gasteiger partial charge >= 0.3 is 0 Å². The Morgan fingerprint density at radius 2 is 1.93 bits per heavy atom. The number of aliphatic hydroxyl groups excluding tert-OH is 1. The molecule has 3 nitrogen and oxygen atoms in total. The predicted molar refractivity (Wildman–Crippen MR) is 54.7 cm³/mol. The standard InChI is InChI=1S/C11H22O3/c1-5-9-8(4)11(12)14-10(13-9)6-7(2)3/h7-12H,5-6H2,1-4H3. The lowest BCUT2D eigenvalue weighted by atomic mass is 10.00. The minimum atomic E-state index is -0.669. The van der Waals surface area contributed by atoms with Crippen molar-refractivity contribution in [3.63, 3.8) is 0 Å². The Hall–Kier alpha value is -0.120. The quantitative estimate of drug-likeness (QED) is 0.762. The fourth-order valence-electron chi connectivity index (χ4n) is 1.78. The molecule has 3 heteroatoms. The van der Waals surface area contributed by atoms with E-state index in [1.165, 1.54) is 0 Å². The van der Waals surface area contributed by atoms with Crippen molar-refractivity contribution in [3.05, 3.63) is 0 Å². The third kappa shape index (κ3) is 2.94. The lowest BCUT2D eigenvalue weighted by Gasteiger charge is -2.38. The van der Waals surface area contributed by atoms with Crippen LogP contribution >= 0.6 is 0 Å². The summed E-state index contributed by atoms with van der Waals surface area (Å²) in [7, 11) is 0. The molecule has 0 saturated carbocycles. The highest BCUT2D eigenvalue weighted by Crippen LogP contribution is 2.27. The van der Waals surface area contributed by atoms with Gasteiger partial charge in [0.05, 0.1) is 6.10 Å². The van der Waals surface area contributed by atoms with E-state index in [1.807, 2.05) is 6.92 Å². The molecule has 0 aliphatic carbocycles. The largest absolute Gasteiger partial charge is 0.368 e. The highest BCUT2D eigenvalue weighted by molar-refractivity contribution is 4.73. The summed E-state index contributed by atoms with van der Waals surface area (Å²) in [5, 5.41) is 9.66. The maximum absolute atomic E-state index is 9.66. The predicted octanol–water partition coefficient (Wildman–Crippen LogP) is 2.14. The second kappa shape index (κ2) is 5.10. The van der Waals surface area contributed by atoms with Gasteiger partial charge in [-0.2, -0.15) is 0 Å². The Bertz CT molecular complexity index is 170. The Kier molecular flexibility index (Phi) is 4.35. The van der Waals surface area contributed by atoms with E-state index in [-0.39, 0.29) is 18.3 Å². The van der Waals surface area contributed by atoms with Crippen LogP contribution in [-0.2, 0) is 9.47 Å². The van der Waals surface area contributed by atoms with Crippen molar-refractivity contribution in [3.8, 4) is 0 Å². The zero-order valence-electron chi connectivity index (χ0n) is 9.56. The number of aliphatic hydroxyl groups is 1. The topological polar surface area (TPSA) is 38.7 Å². The monoisotopic (exact) mass is 202 g/mol. The van der Waals surface area contributed by atoms with E-state index in [1.54, 1.807) is 0 Å². The number of rotatable bonds is 3. The maximum Gasteiger partial charge on any atom is 0.162 e. The molecule has 1 aliphatic rings. The molecule has 0 aromatic rings. The van der Waals surface area contributed by atoms with E-state index in [9.17, 15) is 5.11 Å². The van der Waals surface area contributed by atoms with E-state index in [2.05, 4.69) is 20.8 Å². The van der Waals surface area contributed by atoms with Crippen molar-refractivity contribution in [1.82, 2.24) is 0 Å². The van der Waals surface area contributed by atoms with Gasteiger partial charge in [-0.1, -0.05) is 27.7 Å². The van der Waals surface area contributed by atoms with Gasteiger partial charge in [-0.3, -0.25) is 0 Å². The van der Waals surface area contributed by atoms with Gasteiger partial charge in [0, 0.05) is 12.3 Å². The Morgan fingerprint density at radius 1 is 1.29 bits per heavy atom. The van der Waals surface area contributed by atoms with Crippen LogP contribution in [0.1, 0.15) is 40.5 Å². The summed E-state index contributed by atoms with van der Waals surface area (Å²) in [5.41, 5.74) is 0. The first-order valence-electron chi connectivity index (χ1n) is 5.53. The zero-order chi connectivity index (χ0) is 10.7. The van der Waals surface area contributed by atoms with Crippen LogP contribution in [0.15, 0.2) is 0 Å². The Morgan fingerprint density at radius 3 is 2.43 bits per heavy atom. The van der Waals surface area contributed by atoms with E-state index >= 15 is 0 Å². The van der Waals surface area contributed by atoms with Gasteiger partial charge in [-0.15, -0.1) is 0 Å². The van der Waals surface area contributed by atoms with Gasteiger partial charge in [0.25, 0.3) is 0 Å². The van der Waals surface area contributed by atoms with E-state index in [4.69, 9.17) is 9.47 Å². The van der Waals surface area contributed by atoms with Gasteiger partial charge in [-0.05, 0) is 12.3 Å². The first kappa shape index (κ1) is 12.0. The van der Waals surface area contributed by atoms with Gasteiger partial charge in [0.1, 0.15) is 0 Å². The van der Waals surface area contributed by atoms with Crippen LogP contribution in [-0.4, -0.2) is 23.8 Å². The van der Waals surface area contributed by atoms with Gasteiger partial charge in [0.15, 0.2) is 12.6 Å². The number of hydrogen-bond donors (Lipinski definition) is 1. The smallest absolute Gasteiger partial charge is 0.162 e. The molecule has 1 aliphatic heterocycles. The van der Waals surface area contributed by atoms with Gasteiger partial charge < -0.3 is 14.6 Å². The number of ether oxygens (including phenoxy) is 2. The summed E-state index contributed by atoms with van der Waals surface area (Å²) in [6.45, 7) is 8.28. The van der Waals surface area contributed by atoms with E-state index < -0.39 is 6.29 Å². The Balaban J connectivity index is 2.49. The van der Waals surface area contributed by atoms with Gasteiger partial charge in [-0.25, -0.2) is 0 Å². The second-order valence-electron chi connectivity index (χ2n) is 4.53. The van der Waals surface area contributed by atoms with Crippen molar-refractivity contribution in [2.45, 2.75) is 59.2 Å². The molecule has 0 aromatic heterocycles. The van der Waals surface area contributed by atoms with Crippen molar-refractivity contribution in [2.24, 2.45) is 11.8 Å². The minimum Gasteiger partial charge on any atom is -0.368 e. The van der Waals surface area contributed by atoms with Crippen molar-refractivity contribution in [2.75, 3.05) is 0 Å². The van der Waals surface area contributed by atoms with Crippen molar-refractivity contribution < 1.29 is 14.6 Å². The van der Waals surface area contributed by atoms with Crippen LogP contribution in [0.25, 0.3) is 0 Å². The highest BCUT2D eigenvalue weighted by atomic mass is 16.7. The van der Waals surface area contributed by atoms with E-state index in [0.29, 0.717) is 5.92 Å². The summed E-state index contributed by atoms with van der Waals surface area (Å²) in [5.74, 6) is 0.599. The molecule has 1 N–H and O–H groups in total.